The Labute approximate surface area is 763 Å². The number of hydrogen-bond donors (Lipinski definition) is 6. The van der Waals surface area contributed by atoms with Crippen molar-refractivity contribution in [2.24, 2.45) is 26.5 Å². The van der Waals surface area contributed by atoms with E-state index < -0.39 is 51.1 Å². The normalized spacial score (nSPS) is 16.8. The second-order valence-corrected chi connectivity index (χ2v) is 32.9. The van der Waals surface area contributed by atoms with E-state index >= 15 is 0 Å². The summed E-state index contributed by atoms with van der Waals surface area (Å²) in [6.45, 7) is 20.2. The van der Waals surface area contributed by atoms with Gasteiger partial charge in [0.15, 0.2) is 0 Å². The van der Waals surface area contributed by atoms with Crippen LogP contribution in [-0.2, 0) is 61.5 Å². The Morgan fingerprint density at radius 2 is 0.939 bits per heavy atom. The van der Waals surface area contributed by atoms with Crippen LogP contribution in [0.2, 0.25) is 0 Å². The topological polar surface area (TPSA) is 383 Å². The molecule has 115 heavy (non-hydrogen) atoms. The van der Waals surface area contributed by atoms with Crippen LogP contribution in [0, 0.1) is 10.1 Å². The van der Waals surface area contributed by atoms with Crippen molar-refractivity contribution in [2.75, 3.05) is 23.8 Å². The average molecular weight is 2000 g/mol. The molecule has 612 valence electrons. The zero-order chi connectivity index (χ0) is 85.0. The molecule has 0 unspecified atom stereocenters. The minimum absolute atomic E-state index is 0. The number of nitrogens with two attached hydrogens (primary N) is 1. The van der Waals surface area contributed by atoms with E-state index in [2.05, 4.69) is 96.3 Å². The molecule has 12 rings (SSSR count). The molecule has 3 fully saturated rings. The minimum atomic E-state index is -4.67. The molecule has 3 aliphatic rings. The zero-order valence-corrected chi connectivity index (χ0v) is 80.4. The SMILES string of the molecule is CI.C[C@@H](c1ccc(-c2ccn(C)c(=O)c2)cc1)N1CC[C@](CC(C)(C)O)(c2ccccc2)OC1=O.C[C@@H](c1ccc(B2OC(C)(C)C(C)(C)O2)cc1)N1CC[C@](CC(C)(C)O)(c2ccccc2)OC1=O.Cn1ccc(Br)cc1=O.Cn1ccc(Br)cc1=O.Nc1cc(Br)ccn1.O=N[O-].O=S(=O)(O)O.O=c1cc(Br)cc[nH]1.[H-].[Na+].[Na+]. The zero-order valence-electron chi connectivity index (χ0n) is 68.0. The molecular weight excluding hydrogens is 1900 g/mol. The van der Waals surface area contributed by atoms with Gasteiger partial charge in [-0.05, 0) is 149 Å². The summed E-state index contributed by atoms with van der Waals surface area (Å²) >= 11 is 14.9. The number of nitrogens with zero attached hydrogens (tertiary/aromatic N) is 7. The number of hydrogen-bond acceptors (Lipinski definition) is 19. The summed E-state index contributed by atoms with van der Waals surface area (Å²) < 4.78 is 64.1. The van der Waals surface area contributed by atoms with Crippen LogP contribution in [-0.4, -0.2) is 121 Å². The third-order valence-electron chi connectivity index (χ3n) is 17.9. The van der Waals surface area contributed by atoms with Crippen molar-refractivity contribution in [3.8, 4) is 11.1 Å². The number of aryl methyl sites for hydroxylation is 3. The van der Waals surface area contributed by atoms with Gasteiger partial charge in [-0.3, -0.25) is 28.3 Å². The first-order valence-corrected chi connectivity index (χ1v) is 41.6. The van der Waals surface area contributed by atoms with Crippen LogP contribution < -0.4 is 92.5 Å². The van der Waals surface area contributed by atoms with E-state index in [1.165, 1.54) is 31.9 Å². The molecule has 4 atom stereocenters. The fourth-order valence-corrected chi connectivity index (χ4v) is 12.9. The number of carbonyl (C=O) groups excluding carboxylic acids is 2. The Morgan fingerprint density at radius 3 is 1.24 bits per heavy atom. The fourth-order valence-electron chi connectivity index (χ4n) is 11.6. The van der Waals surface area contributed by atoms with Crippen molar-refractivity contribution in [1.82, 2.24) is 33.5 Å². The Balaban J connectivity index is 0.000000754. The van der Waals surface area contributed by atoms with E-state index in [0.717, 1.165) is 62.1 Å². The van der Waals surface area contributed by atoms with Crippen LogP contribution in [0.15, 0.2) is 243 Å². The monoisotopic (exact) mass is 1990 g/mol. The molecule has 7 N–H and O–H groups in total. The summed E-state index contributed by atoms with van der Waals surface area (Å²) in [5.74, 6) is 0.541. The van der Waals surface area contributed by atoms with Gasteiger partial charge >= 0.3 is 88.8 Å². The molecule has 0 spiro atoms. The Morgan fingerprint density at radius 1 is 0.583 bits per heavy atom. The summed E-state index contributed by atoms with van der Waals surface area (Å²) in [7, 11) is 0.0734. The van der Waals surface area contributed by atoms with Gasteiger partial charge in [0, 0.05) is 133 Å². The number of nitrogens with one attached hydrogen (secondary N) is 1. The molecule has 27 nitrogen and oxygen atoms in total. The first-order valence-electron chi connectivity index (χ1n) is 34.9. The number of halogens is 5. The number of carbonyl (C=O) groups is 2. The van der Waals surface area contributed by atoms with Gasteiger partial charge in [0.1, 0.15) is 17.0 Å². The van der Waals surface area contributed by atoms with Gasteiger partial charge in [0.25, 0.3) is 16.7 Å². The van der Waals surface area contributed by atoms with Gasteiger partial charge in [-0.25, -0.2) is 14.6 Å². The van der Waals surface area contributed by atoms with E-state index in [9.17, 15) is 39.0 Å². The van der Waals surface area contributed by atoms with Crippen molar-refractivity contribution >= 4 is 127 Å². The number of aliphatic hydroxyl groups is 2. The van der Waals surface area contributed by atoms with Crippen molar-refractivity contribution < 1.29 is 117 Å². The first-order chi connectivity index (χ1) is 52.7. The number of benzene rings is 4. The van der Waals surface area contributed by atoms with Crippen molar-refractivity contribution in [3.63, 3.8) is 0 Å². The number of cyclic esters (lactones) is 2. The largest absolute Gasteiger partial charge is 1.00 e. The molecule has 3 aliphatic heterocycles. The van der Waals surface area contributed by atoms with Gasteiger partial charge in [-0.15, -0.1) is 5.34 Å². The van der Waals surface area contributed by atoms with E-state index in [1.807, 2.05) is 180 Å². The third-order valence-corrected chi connectivity index (χ3v) is 19.9. The van der Waals surface area contributed by atoms with Gasteiger partial charge in [0.05, 0.1) is 34.5 Å². The Hall–Kier alpha value is -6.01. The molecule has 0 radical (unpaired) electrons. The summed E-state index contributed by atoms with van der Waals surface area (Å²) in [5, 5.41) is 30.2. The van der Waals surface area contributed by atoms with E-state index in [-0.39, 0.29) is 107 Å². The number of aromatic amines is 1. The van der Waals surface area contributed by atoms with Gasteiger partial charge in [0.2, 0.25) is 5.56 Å². The molecule has 9 aromatic rings. The molecule has 8 heterocycles. The molecular formula is C79H97BBr4IN9Na2O18S. The van der Waals surface area contributed by atoms with Crippen LogP contribution in [0.3, 0.4) is 0 Å². The Kier molecular flexibility index (Phi) is 44.1. The molecule has 5 aromatic heterocycles. The minimum Gasteiger partial charge on any atom is -1.00 e. The van der Waals surface area contributed by atoms with Crippen LogP contribution in [0.1, 0.15) is 131 Å². The standard InChI is InChI=1S/C28H38BNO5.C28H32N2O4.2C6H6BrNO.C5H5BrN2.C5H4BrNO.CH3I.HNO2.2Na.H2O4S.H/c1-20(21-13-15-23(16-14-21)29-34-26(4,5)27(6,7)35-29)30-18-17-28(33-24(30)31,19-25(2,3)32)22-11-9-8-10-12-22;1-20(21-10-12-22(13-11-21)23-14-16-29(4)25(31)18-23)30-17-15-28(34-26(30)32,19-27(2,3)33)24-8-6-5-7-9-24;2*1-8-3-2-5(7)4-6(8)9;6-4-1-2-8-5(7)3-4;6-4-1-2-7-5(8)3-4;1-2;2-1-3;;;1-5(2,3)4;/h8-16,20,32H,17-19H2,1-7H3;5-14,16,18,20,33H,15,17,19H2,1-4H3;2*2-4H,1H3;1-3H,(H2,7,8);1-3H,(H,7,8);1H3;(H,2,3);;;(H2,1,2,3,4);/q;;;;;;;;2*+1;;-1/p-1/t2*20-,28-;;;;;;;;;;/m00........../s1. The molecule has 0 saturated carbocycles. The number of nitrogen functional groups attached to an aromatic ring is 1. The number of amides is 2. The van der Waals surface area contributed by atoms with Crippen molar-refractivity contribution in [2.45, 2.75) is 141 Å². The molecule has 36 heteroatoms. The summed E-state index contributed by atoms with van der Waals surface area (Å²) in [6, 6.07) is 52.1. The van der Waals surface area contributed by atoms with E-state index in [0.29, 0.717) is 44.6 Å². The fraction of sp³-hybridized carbons (Fsp3) is 0.354. The van der Waals surface area contributed by atoms with Crippen molar-refractivity contribution in [1.29, 1.82) is 0 Å². The molecule has 0 aliphatic carbocycles. The number of anilines is 1. The van der Waals surface area contributed by atoms with Gasteiger partial charge in [-0.1, -0.05) is 196 Å². The van der Waals surface area contributed by atoms with Gasteiger partial charge < -0.3 is 74.8 Å². The van der Waals surface area contributed by atoms with Crippen molar-refractivity contribution in [3.05, 3.63) is 293 Å². The number of ether oxygens (including phenoxy) is 2. The number of pyridine rings is 5. The average Bonchev–Trinajstić information content (AvgIpc) is 1.77. The maximum atomic E-state index is 13.3. The second kappa shape index (κ2) is 48.3. The number of alkyl halides is 1. The molecule has 0 bridgehead atoms. The summed E-state index contributed by atoms with van der Waals surface area (Å²) in [5.41, 5.74) is 7.28. The maximum Gasteiger partial charge on any atom is 1.00 e. The van der Waals surface area contributed by atoms with E-state index in [1.54, 1.807) is 108 Å². The number of H-pyrrole nitrogens is 1. The quantitative estimate of drug-likeness (QED) is 0.0165. The van der Waals surface area contributed by atoms with E-state index in [4.69, 9.17) is 52.2 Å². The first kappa shape index (κ1) is 105. The third kappa shape index (κ3) is 35.1. The smallest absolute Gasteiger partial charge is 1.00 e. The van der Waals surface area contributed by atoms with Crippen LogP contribution in [0.5, 0.6) is 0 Å². The summed E-state index contributed by atoms with van der Waals surface area (Å²) in [4.78, 5) is 90.2. The maximum absolute atomic E-state index is 13.3. The van der Waals surface area contributed by atoms with Crippen LogP contribution in [0.25, 0.3) is 11.1 Å². The molecule has 2 amide bonds. The predicted octanol–water partition coefficient (Wildman–Crippen LogP) is 9.59. The molecule has 3 saturated heterocycles. The predicted molar refractivity (Wildman–Crippen MR) is 464 cm³/mol. The second-order valence-electron chi connectivity index (χ2n) is 28.3. The number of rotatable bonds is 12. The van der Waals surface area contributed by atoms with Gasteiger partial charge in [-0.2, -0.15) is 8.42 Å². The number of aromatic nitrogens is 5. The Bertz CT molecular complexity index is 4830. The summed E-state index contributed by atoms with van der Waals surface area (Å²) in [6.07, 6.45) is 9.51. The van der Waals surface area contributed by atoms with Crippen LogP contribution in [0.4, 0.5) is 15.4 Å². The molecule has 4 aromatic carbocycles. The van der Waals surface area contributed by atoms with Crippen LogP contribution >= 0.6 is 86.3 Å².